The Morgan fingerprint density at radius 1 is 0.698 bits per heavy atom. The summed E-state index contributed by atoms with van der Waals surface area (Å²) < 4.78 is 26.5. The molecule has 1 radical (unpaired) electrons. The summed E-state index contributed by atoms with van der Waals surface area (Å²) in [6.07, 6.45) is 3.45. The van der Waals surface area contributed by atoms with Crippen LogP contribution in [0.25, 0.3) is 83.6 Å². The maximum absolute atomic E-state index is 12.6. The predicted octanol–water partition coefficient (Wildman–Crippen LogP) is 14.5. The van der Waals surface area contributed by atoms with E-state index in [4.69, 9.17) is 19.4 Å². The van der Waals surface area contributed by atoms with Gasteiger partial charge in [-0.05, 0) is 93.4 Å². The van der Waals surface area contributed by atoms with Crippen LogP contribution in [0.5, 0.6) is 5.75 Å². The third kappa shape index (κ3) is 8.54. The summed E-state index contributed by atoms with van der Waals surface area (Å²) >= 11 is 0. The third-order valence-electron chi connectivity index (χ3n) is 11.0. The molecule has 0 aliphatic heterocycles. The van der Waals surface area contributed by atoms with Gasteiger partial charge in [0.15, 0.2) is 0 Å². The maximum atomic E-state index is 12.6. The molecule has 0 fully saturated rings. The number of fused-ring (bicyclic) bond motifs is 4. The van der Waals surface area contributed by atoms with E-state index in [1.54, 1.807) is 30.7 Å². The van der Waals surface area contributed by atoms with Gasteiger partial charge >= 0.3 is 0 Å². The smallest absolute Gasteiger partial charge is 0.292 e. The van der Waals surface area contributed by atoms with Gasteiger partial charge in [-0.1, -0.05) is 118 Å². The van der Waals surface area contributed by atoms with Crippen LogP contribution in [-0.2, 0) is 20.1 Å². The first-order valence-electron chi connectivity index (χ1n) is 20.6. The molecule has 10 rings (SSSR count). The number of pyridine rings is 1. The van der Waals surface area contributed by atoms with Crippen LogP contribution in [-0.4, -0.2) is 14.5 Å². The first-order valence-corrected chi connectivity index (χ1v) is 20.6. The molecule has 0 saturated heterocycles. The van der Waals surface area contributed by atoms with Crippen LogP contribution < -0.4 is 4.74 Å². The van der Waals surface area contributed by atoms with Crippen molar-refractivity contribution < 1.29 is 33.6 Å². The molecule has 0 aliphatic rings. The number of hydrogen-bond acceptors (Lipinski definition) is 5. The summed E-state index contributed by atoms with van der Waals surface area (Å²) in [5.74, 6) is 1.39. The van der Waals surface area contributed by atoms with Gasteiger partial charge in [-0.2, -0.15) is 0 Å². The molecular formula is C55H41FIrN4O2-2. The topological polar surface area (TPSA) is 76.9 Å². The Morgan fingerprint density at radius 2 is 1.38 bits per heavy atom. The second kappa shape index (κ2) is 18.4. The van der Waals surface area contributed by atoms with Gasteiger partial charge in [0.25, 0.3) is 6.26 Å². The van der Waals surface area contributed by atoms with E-state index in [0.29, 0.717) is 16.9 Å². The van der Waals surface area contributed by atoms with Crippen molar-refractivity contribution in [3.8, 4) is 62.6 Å². The van der Waals surface area contributed by atoms with Crippen LogP contribution in [0, 0.1) is 29.5 Å². The van der Waals surface area contributed by atoms with E-state index < -0.39 is 0 Å². The maximum Gasteiger partial charge on any atom is 0.292 e. The Morgan fingerprint density at radius 3 is 2.05 bits per heavy atom. The molecule has 0 spiro atoms. The van der Waals surface area contributed by atoms with Gasteiger partial charge in [-0.3, -0.25) is 9.37 Å². The van der Waals surface area contributed by atoms with Crippen molar-refractivity contribution in [3.05, 3.63) is 193 Å². The van der Waals surface area contributed by atoms with E-state index in [0.717, 1.165) is 50.1 Å². The molecule has 3 aromatic heterocycles. The minimum Gasteiger partial charge on any atom is -0.500 e. The molecule has 0 unspecified atom stereocenters. The summed E-state index contributed by atoms with van der Waals surface area (Å²) in [6, 6.07) is 58.1. The van der Waals surface area contributed by atoms with Crippen molar-refractivity contribution in [2.75, 3.05) is 0 Å². The Bertz CT molecular complexity index is 3200. The number of imidazole rings is 1. The third-order valence-corrected chi connectivity index (χ3v) is 11.0. The number of rotatable bonds is 8. The molecule has 311 valence electrons. The minimum absolute atomic E-state index is 0. The number of ether oxygens (including phenoxy) is 1. The average Bonchev–Trinajstić information content (AvgIpc) is 3.88. The Kier molecular flexibility index (Phi) is 12.4. The molecule has 0 saturated carbocycles. The zero-order chi connectivity index (χ0) is 42.7. The number of furan rings is 1. The summed E-state index contributed by atoms with van der Waals surface area (Å²) in [7, 11) is 0. The molecular weight excluding hydrogens is 960 g/mol. The molecule has 10 aromatic rings. The fraction of sp³-hybridized carbons (Fsp3) is 0.109. The van der Waals surface area contributed by atoms with Gasteiger partial charge in [0.2, 0.25) is 0 Å². The molecule has 0 amide bonds. The molecule has 3 heterocycles. The van der Waals surface area contributed by atoms with Crippen molar-refractivity contribution in [1.29, 1.82) is 5.26 Å². The van der Waals surface area contributed by atoms with Gasteiger partial charge in [0.1, 0.15) is 11.3 Å². The van der Waals surface area contributed by atoms with Crippen molar-refractivity contribution in [3.63, 3.8) is 0 Å². The van der Waals surface area contributed by atoms with Crippen molar-refractivity contribution in [1.82, 2.24) is 14.5 Å². The van der Waals surface area contributed by atoms with Crippen molar-refractivity contribution >= 4 is 33.0 Å². The van der Waals surface area contributed by atoms with E-state index in [-0.39, 0.29) is 37.8 Å². The quantitative estimate of drug-likeness (QED) is 0.112. The molecule has 6 nitrogen and oxygen atoms in total. The fourth-order valence-electron chi connectivity index (χ4n) is 7.98. The van der Waals surface area contributed by atoms with Crippen LogP contribution in [0.1, 0.15) is 50.7 Å². The Labute approximate surface area is 379 Å². The average molecular weight is 1000 g/mol. The Balaban J connectivity index is 0.000000333. The van der Waals surface area contributed by atoms with Crippen molar-refractivity contribution in [2.45, 2.75) is 39.5 Å². The summed E-state index contributed by atoms with van der Waals surface area (Å²) in [6.45, 7) is 9.04. The minimum atomic E-state index is -0.278. The number of hydrogen-bond donors (Lipinski definition) is 0. The van der Waals surface area contributed by atoms with Gasteiger partial charge in [0, 0.05) is 49.3 Å². The zero-order valence-electron chi connectivity index (χ0n) is 35.1. The second-order valence-corrected chi connectivity index (χ2v) is 15.7. The number of halogens is 1. The standard InChI is InChI=1S/C44H34N3O2.C11H7FN.Ir/c1-27(2)37-23-32(31-19-17-30(18-20-31)29-11-6-5-7-12-29)24-38(28(3)4)42(37)47-40-16-9-8-15-39(40)46-44(47)36-14-10-13-35-34-22-21-33(48-26-45)25-41(34)49-43(35)36;12-10-6-4-9(5-7-10)11-3-1-2-8-13-11;/h5-13,15-25,27-28H,1-4H3;1-4,6-8H;/q2*-1;. The molecule has 8 heteroatoms. The first kappa shape index (κ1) is 42.5. The van der Waals surface area contributed by atoms with Gasteiger partial charge in [-0.25, -0.2) is 0 Å². The van der Waals surface area contributed by atoms with Crippen LogP contribution in [0.4, 0.5) is 4.39 Å². The SMILES string of the molecule is CC(C)c1cc(-c2ccc(-c3ccccc3)cc2)cc(C(C)C)c1-n1c(-c2[c-]ccc3c2oc2cc(OC#N)ccc23)nc2ccccc21.Fc1c[c-]c(-c2ccccn2)cc1.[Ir]. The normalized spacial score (nSPS) is 11.1. The van der Waals surface area contributed by atoms with E-state index in [1.807, 2.05) is 48.5 Å². The molecule has 0 aliphatic carbocycles. The first-order chi connectivity index (χ1) is 30.3. The molecule has 7 aromatic carbocycles. The Hall–Kier alpha value is -7.17. The molecule has 63 heavy (non-hydrogen) atoms. The molecule has 0 bridgehead atoms. The zero-order valence-corrected chi connectivity index (χ0v) is 37.5. The van der Waals surface area contributed by atoms with Gasteiger partial charge in [-0.15, -0.1) is 53.3 Å². The summed E-state index contributed by atoms with van der Waals surface area (Å²) in [4.78, 5) is 9.38. The largest absolute Gasteiger partial charge is 0.500 e. The van der Waals surface area contributed by atoms with E-state index in [2.05, 4.69) is 128 Å². The molecule has 0 atom stereocenters. The van der Waals surface area contributed by atoms with Gasteiger partial charge < -0.3 is 18.7 Å². The van der Waals surface area contributed by atoms with Crippen LogP contribution >= 0.6 is 0 Å². The van der Waals surface area contributed by atoms with E-state index >= 15 is 0 Å². The second-order valence-electron chi connectivity index (χ2n) is 15.7. The number of para-hydroxylation sites is 2. The predicted molar refractivity (Wildman–Crippen MR) is 246 cm³/mol. The van der Waals surface area contributed by atoms with Gasteiger partial charge in [0.05, 0.1) is 22.4 Å². The monoisotopic (exact) mass is 1000 g/mol. The molecule has 0 N–H and O–H groups in total. The summed E-state index contributed by atoms with van der Waals surface area (Å²) in [5.41, 5.74) is 14.1. The fourth-order valence-corrected chi connectivity index (χ4v) is 7.98. The van der Waals surface area contributed by atoms with Crippen LogP contribution in [0.3, 0.4) is 0 Å². The van der Waals surface area contributed by atoms with Crippen LogP contribution in [0.2, 0.25) is 0 Å². The number of nitrogens with zero attached hydrogens (tertiary/aromatic N) is 4. The number of nitriles is 1. The van der Waals surface area contributed by atoms with Crippen LogP contribution in [0.15, 0.2) is 168 Å². The van der Waals surface area contributed by atoms with Crippen molar-refractivity contribution in [2.24, 2.45) is 0 Å². The number of aromatic nitrogens is 3. The number of benzene rings is 7. The van der Waals surface area contributed by atoms with E-state index in [1.165, 1.54) is 45.5 Å². The van der Waals surface area contributed by atoms with E-state index in [9.17, 15) is 4.39 Å². The summed E-state index contributed by atoms with van der Waals surface area (Å²) in [5, 5.41) is 11.0.